The van der Waals surface area contributed by atoms with Crippen LogP contribution in [0.25, 0.3) is 0 Å². The second-order valence-electron chi connectivity index (χ2n) is 4.11. The van der Waals surface area contributed by atoms with Gasteiger partial charge in [-0.15, -0.1) is 0 Å². The number of nitrogens with zero attached hydrogens (tertiary/aromatic N) is 2. The third-order valence-electron chi connectivity index (χ3n) is 2.94. The lowest BCUT2D eigenvalue weighted by atomic mass is 9.94. The molecule has 3 nitrogen and oxygen atoms in total. The Morgan fingerprint density at radius 3 is 3.13 bits per heavy atom. The van der Waals surface area contributed by atoms with E-state index in [2.05, 4.69) is 35.3 Å². The highest BCUT2D eigenvalue weighted by atomic mass is 32.2. The van der Waals surface area contributed by atoms with Gasteiger partial charge >= 0.3 is 0 Å². The summed E-state index contributed by atoms with van der Waals surface area (Å²) in [6.07, 6.45) is 5.46. The van der Waals surface area contributed by atoms with Gasteiger partial charge in [-0.3, -0.25) is 4.68 Å². The maximum absolute atomic E-state index is 4.26. The molecule has 2 heterocycles. The monoisotopic (exact) mass is 225 g/mol. The number of rotatable bonds is 4. The van der Waals surface area contributed by atoms with Gasteiger partial charge in [0.15, 0.2) is 0 Å². The fraction of sp³-hybridized carbons (Fsp3) is 0.727. The molecule has 84 valence electrons. The van der Waals surface area contributed by atoms with E-state index in [0.29, 0.717) is 6.04 Å². The van der Waals surface area contributed by atoms with Crippen molar-refractivity contribution in [3.63, 3.8) is 0 Å². The molecular formula is C11H19N3S. The van der Waals surface area contributed by atoms with Gasteiger partial charge < -0.3 is 5.32 Å². The summed E-state index contributed by atoms with van der Waals surface area (Å²) in [6, 6.07) is 0.499. The van der Waals surface area contributed by atoms with Crippen LogP contribution in [0.4, 0.5) is 0 Å². The molecule has 1 N–H and O–H groups in total. The summed E-state index contributed by atoms with van der Waals surface area (Å²) in [5, 5.41) is 7.85. The molecule has 0 saturated carbocycles. The Kier molecular flexibility index (Phi) is 3.70. The van der Waals surface area contributed by atoms with Crippen LogP contribution >= 0.6 is 11.8 Å². The lowest BCUT2D eigenvalue weighted by Gasteiger charge is -2.22. The Labute approximate surface area is 95.6 Å². The minimum Gasteiger partial charge on any atom is -0.310 e. The van der Waals surface area contributed by atoms with Crippen molar-refractivity contribution in [2.45, 2.75) is 19.4 Å². The molecule has 0 radical (unpaired) electrons. The van der Waals surface area contributed by atoms with E-state index in [1.165, 1.54) is 23.5 Å². The predicted octanol–water partition coefficient (Wildman–Crippen LogP) is 1.82. The molecule has 1 aromatic heterocycles. The molecule has 2 unspecified atom stereocenters. The summed E-state index contributed by atoms with van der Waals surface area (Å²) in [5.41, 5.74) is 1.34. The predicted molar refractivity (Wildman–Crippen MR) is 65.1 cm³/mol. The van der Waals surface area contributed by atoms with Crippen molar-refractivity contribution in [3.05, 3.63) is 18.0 Å². The molecule has 2 rings (SSSR count). The summed E-state index contributed by atoms with van der Waals surface area (Å²) in [4.78, 5) is 0. The summed E-state index contributed by atoms with van der Waals surface area (Å²) < 4.78 is 1.89. The first kappa shape index (κ1) is 11.0. The second kappa shape index (κ2) is 5.03. The van der Waals surface area contributed by atoms with Gasteiger partial charge in [-0.2, -0.15) is 16.9 Å². The van der Waals surface area contributed by atoms with E-state index < -0.39 is 0 Å². The summed E-state index contributed by atoms with van der Waals surface area (Å²) >= 11 is 2.07. The zero-order chi connectivity index (χ0) is 10.7. The summed E-state index contributed by atoms with van der Waals surface area (Å²) in [6.45, 7) is 3.20. The number of hydrogen-bond acceptors (Lipinski definition) is 3. The molecule has 0 amide bonds. The van der Waals surface area contributed by atoms with Gasteiger partial charge in [0.2, 0.25) is 0 Å². The van der Waals surface area contributed by atoms with Crippen LogP contribution in [-0.2, 0) is 7.05 Å². The first-order valence-corrected chi connectivity index (χ1v) is 6.76. The number of hydrogen-bond donors (Lipinski definition) is 1. The third-order valence-corrected chi connectivity index (χ3v) is 4.13. The first-order chi connectivity index (χ1) is 7.31. The van der Waals surface area contributed by atoms with Gasteiger partial charge in [0.25, 0.3) is 0 Å². The van der Waals surface area contributed by atoms with E-state index in [0.717, 1.165) is 12.5 Å². The molecule has 15 heavy (non-hydrogen) atoms. The summed E-state index contributed by atoms with van der Waals surface area (Å²) in [7, 11) is 1.98. The highest BCUT2D eigenvalue weighted by Crippen LogP contribution is 2.33. The van der Waals surface area contributed by atoms with Gasteiger partial charge in [0, 0.05) is 24.8 Å². The second-order valence-corrected chi connectivity index (χ2v) is 5.26. The molecule has 2 atom stereocenters. The zero-order valence-corrected chi connectivity index (χ0v) is 10.3. The fourth-order valence-electron chi connectivity index (χ4n) is 2.19. The molecule has 1 saturated heterocycles. The van der Waals surface area contributed by atoms with Crippen LogP contribution < -0.4 is 5.32 Å². The van der Waals surface area contributed by atoms with Crippen LogP contribution in [0.2, 0.25) is 0 Å². The maximum atomic E-state index is 4.26. The van der Waals surface area contributed by atoms with Crippen molar-refractivity contribution in [1.82, 2.24) is 15.1 Å². The van der Waals surface area contributed by atoms with Gasteiger partial charge in [-0.05, 0) is 30.4 Å². The third kappa shape index (κ3) is 2.55. The van der Waals surface area contributed by atoms with E-state index in [4.69, 9.17) is 0 Å². The maximum Gasteiger partial charge on any atom is 0.0537 e. The van der Waals surface area contributed by atoms with E-state index in [1.807, 2.05) is 17.9 Å². The molecule has 4 heteroatoms. The lowest BCUT2D eigenvalue weighted by Crippen LogP contribution is -2.28. The largest absolute Gasteiger partial charge is 0.310 e. The van der Waals surface area contributed by atoms with Crippen LogP contribution in [0.5, 0.6) is 0 Å². The molecule has 0 spiro atoms. The van der Waals surface area contributed by atoms with Crippen molar-refractivity contribution in [2.75, 3.05) is 18.1 Å². The van der Waals surface area contributed by atoms with Gasteiger partial charge in [0.05, 0.1) is 6.20 Å². The molecular weight excluding hydrogens is 206 g/mol. The van der Waals surface area contributed by atoms with E-state index in [9.17, 15) is 0 Å². The van der Waals surface area contributed by atoms with Crippen molar-refractivity contribution in [2.24, 2.45) is 13.0 Å². The van der Waals surface area contributed by atoms with E-state index in [1.54, 1.807) is 0 Å². The normalized spacial score (nSPS) is 23.2. The molecule has 0 bridgehead atoms. The molecule has 1 fully saturated rings. The average molecular weight is 225 g/mol. The Morgan fingerprint density at radius 2 is 2.60 bits per heavy atom. The topological polar surface area (TPSA) is 29.9 Å². The number of aryl methyl sites for hydroxylation is 1. The van der Waals surface area contributed by atoms with E-state index in [-0.39, 0.29) is 0 Å². The molecule has 0 aliphatic carbocycles. The minimum atomic E-state index is 0.499. The number of thioether (sulfide) groups is 1. The molecule has 1 aromatic rings. The van der Waals surface area contributed by atoms with E-state index >= 15 is 0 Å². The SMILES string of the molecule is CCNC(c1cnn(C)c1)C1CCSC1. The Hall–Kier alpha value is -0.480. The quantitative estimate of drug-likeness (QED) is 0.848. The molecule has 0 aromatic carbocycles. The van der Waals surface area contributed by atoms with Crippen molar-refractivity contribution in [3.8, 4) is 0 Å². The van der Waals surface area contributed by atoms with Gasteiger partial charge in [-0.25, -0.2) is 0 Å². The van der Waals surface area contributed by atoms with Crippen molar-refractivity contribution >= 4 is 11.8 Å². The zero-order valence-electron chi connectivity index (χ0n) is 9.44. The standard InChI is InChI=1S/C11H19N3S/c1-3-12-11(9-4-5-15-8-9)10-6-13-14(2)7-10/h6-7,9,11-12H,3-5,8H2,1-2H3. The first-order valence-electron chi connectivity index (χ1n) is 5.61. The molecule has 1 aliphatic rings. The van der Waals surface area contributed by atoms with Crippen molar-refractivity contribution < 1.29 is 0 Å². The Bertz CT molecular complexity index is 305. The van der Waals surface area contributed by atoms with Crippen LogP contribution in [0.1, 0.15) is 24.9 Å². The smallest absolute Gasteiger partial charge is 0.0537 e. The average Bonchev–Trinajstić information content (AvgIpc) is 2.85. The molecule has 1 aliphatic heterocycles. The van der Waals surface area contributed by atoms with Crippen LogP contribution in [0.15, 0.2) is 12.4 Å². The highest BCUT2D eigenvalue weighted by molar-refractivity contribution is 7.99. The van der Waals surface area contributed by atoms with Crippen LogP contribution in [0, 0.1) is 5.92 Å². The highest BCUT2D eigenvalue weighted by Gasteiger charge is 2.26. The fourth-order valence-corrected chi connectivity index (χ4v) is 3.49. The number of aromatic nitrogens is 2. The lowest BCUT2D eigenvalue weighted by molar-refractivity contribution is 0.401. The van der Waals surface area contributed by atoms with Crippen LogP contribution in [-0.4, -0.2) is 27.8 Å². The summed E-state index contributed by atoms with van der Waals surface area (Å²) in [5.74, 6) is 3.37. The van der Waals surface area contributed by atoms with Gasteiger partial charge in [-0.1, -0.05) is 6.92 Å². The number of nitrogens with one attached hydrogen (secondary N) is 1. The Morgan fingerprint density at radius 1 is 1.73 bits per heavy atom. The van der Waals surface area contributed by atoms with Crippen LogP contribution in [0.3, 0.4) is 0 Å². The minimum absolute atomic E-state index is 0.499. The van der Waals surface area contributed by atoms with Crippen molar-refractivity contribution in [1.29, 1.82) is 0 Å². The van der Waals surface area contributed by atoms with Gasteiger partial charge in [0.1, 0.15) is 0 Å². The Balaban J connectivity index is 2.11.